The molecule has 0 spiro atoms. The molecule has 0 aromatic carbocycles. The molecule has 0 radical (unpaired) electrons. The molecule has 0 aromatic rings. The summed E-state index contributed by atoms with van der Waals surface area (Å²) in [5, 5.41) is 21.3. The molecule has 0 aliphatic carbocycles. The average molecular weight is 184 g/mol. The number of aliphatic hydroxyl groups is 2. The molecule has 0 saturated carbocycles. The van der Waals surface area contributed by atoms with E-state index in [0.717, 1.165) is 17.1 Å². The van der Waals surface area contributed by atoms with Crippen LogP contribution in [0.2, 0.25) is 0 Å². The monoisotopic (exact) mass is 184 g/mol. The molecule has 2 rings (SSSR count). The number of piperazine rings is 1. The van der Waals surface area contributed by atoms with E-state index in [1.807, 2.05) is 0 Å². The van der Waals surface area contributed by atoms with Crippen molar-refractivity contribution in [1.82, 2.24) is 10.2 Å². The fourth-order valence-electron chi connectivity index (χ4n) is 1.48. The Morgan fingerprint density at radius 3 is 2.92 bits per heavy atom. The van der Waals surface area contributed by atoms with E-state index in [1.54, 1.807) is 0 Å². The van der Waals surface area contributed by atoms with Crippen molar-refractivity contribution in [3.8, 4) is 0 Å². The van der Waals surface area contributed by atoms with Crippen LogP contribution in [0.3, 0.4) is 0 Å². The molecular weight excluding hydrogens is 176 g/mol. The van der Waals surface area contributed by atoms with E-state index in [1.165, 1.54) is 0 Å². The third kappa shape index (κ3) is 0.895. The summed E-state index contributed by atoms with van der Waals surface area (Å²) >= 11 is 0. The van der Waals surface area contributed by atoms with Gasteiger partial charge in [-0.2, -0.15) is 0 Å². The van der Waals surface area contributed by atoms with E-state index in [0.29, 0.717) is 0 Å². The summed E-state index contributed by atoms with van der Waals surface area (Å²) in [4.78, 5) is 23.0. The fourth-order valence-corrected chi connectivity index (χ4v) is 1.48. The molecule has 6 nitrogen and oxygen atoms in total. The SMILES string of the molecule is O=C1C=C[C@@]2(O)C(=O)NC[C@@H](O)N12. The number of amides is 2. The Kier molecular flexibility index (Phi) is 1.45. The molecule has 70 valence electrons. The number of hydrogen-bond acceptors (Lipinski definition) is 4. The minimum absolute atomic E-state index is 0.0609. The number of carbonyl (C=O) groups is 2. The second kappa shape index (κ2) is 2.30. The number of hydrogen-bond donors (Lipinski definition) is 3. The maximum absolute atomic E-state index is 11.2. The van der Waals surface area contributed by atoms with Crippen molar-refractivity contribution in [1.29, 1.82) is 0 Å². The summed E-state index contributed by atoms with van der Waals surface area (Å²) in [6.07, 6.45) is 0.950. The van der Waals surface area contributed by atoms with Crippen LogP contribution in [0.15, 0.2) is 12.2 Å². The van der Waals surface area contributed by atoms with Crippen LogP contribution in [-0.4, -0.2) is 45.4 Å². The zero-order chi connectivity index (χ0) is 9.64. The van der Waals surface area contributed by atoms with Gasteiger partial charge in [0.05, 0.1) is 6.54 Å². The van der Waals surface area contributed by atoms with E-state index in [9.17, 15) is 19.8 Å². The molecule has 2 atom stereocenters. The summed E-state index contributed by atoms with van der Waals surface area (Å²) < 4.78 is 0. The second-order valence-corrected chi connectivity index (χ2v) is 2.96. The summed E-state index contributed by atoms with van der Waals surface area (Å²) in [5.41, 5.74) is -2.01. The molecule has 0 unspecified atom stereocenters. The summed E-state index contributed by atoms with van der Waals surface area (Å²) in [6.45, 7) is -0.0609. The molecule has 0 bridgehead atoms. The zero-order valence-corrected chi connectivity index (χ0v) is 6.60. The van der Waals surface area contributed by atoms with Gasteiger partial charge in [0.25, 0.3) is 11.8 Å². The molecule has 0 aromatic heterocycles. The lowest BCUT2D eigenvalue weighted by atomic mass is 10.1. The van der Waals surface area contributed by atoms with Gasteiger partial charge in [-0.1, -0.05) is 0 Å². The van der Waals surface area contributed by atoms with Crippen LogP contribution in [-0.2, 0) is 9.59 Å². The number of fused-ring (bicyclic) bond motifs is 1. The van der Waals surface area contributed by atoms with Gasteiger partial charge in [-0.25, -0.2) is 0 Å². The summed E-state index contributed by atoms with van der Waals surface area (Å²) in [7, 11) is 0. The van der Waals surface area contributed by atoms with Crippen molar-refractivity contribution in [2.24, 2.45) is 0 Å². The molecule has 3 N–H and O–H groups in total. The van der Waals surface area contributed by atoms with Gasteiger partial charge in [-0.3, -0.25) is 14.5 Å². The minimum atomic E-state index is -2.01. The van der Waals surface area contributed by atoms with E-state index in [4.69, 9.17) is 0 Å². The van der Waals surface area contributed by atoms with Crippen LogP contribution in [0, 0.1) is 0 Å². The number of rotatable bonds is 0. The largest absolute Gasteiger partial charge is 0.371 e. The Morgan fingerprint density at radius 2 is 2.31 bits per heavy atom. The molecule has 6 heteroatoms. The van der Waals surface area contributed by atoms with Crippen molar-refractivity contribution in [2.75, 3.05) is 6.54 Å². The van der Waals surface area contributed by atoms with Gasteiger partial charge in [-0.15, -0.1) is 0 Å². The van der Waals surface area contributed by atoms with Crippen LogP contribution < -0.4 is 5.32 Å². The predicted octanol–water partition coefficient (Wildman–Crippen LogP) is -2.48. The first-order chi connectivity index (χ1) is 6.05. The second-order valence-electron chi connectivity index (χ2n) is 2.96. The maximum Gasteiger partial charge on any atom is 0.278 e. The van der Waals surface area contributed by atoms with Gasteiger partial charge in [0.15, 0.2) is 0 Å². The quantitative estimate of drug-likeness (QED) is 0.389. The van der Waals surface area contributed by atoms with Gasteiger partial charge >= 0.3 is 0 Å². The lowest BCUT2D eigenvalue weighted by Crippen LogP contribution is -2.67. The molecule has 1 saturated heterocycles. The predicted molar refractivity (Wildman–Crippen MR) is 40.0 cm³/mol. The first-order valence-electron chi connectivity index (χ1n) is 3.77. The minimum Gasteiger partial charge on any atom is -0.371 e. The van der Waals surface area contributed by atoms with Crippen molar-refractivity contribution in [2.45, 2.75) is 12.0 Å². The molecule has 13 heavy (non-hydrogen) atoms. The first kappa shape index (κ1) is 8.21. The highest BCUT2D eigenvalue weighted by Crippen LogP contribution is 2.25. The number of aliphatic hydroxyl groups excluding tert-OH is 1. The van der Waals surface area contributed by atoms with Crippen molar-refractivity contribution in [3.05, 3.63) is 12.2 Å². The lowest BCUT2D eigenvalue weighted by molar-refractivity contribution is -0.187. The van der Waals surface area contributed by atoms with E-state index in [2.05, 4.69) is 5.32 Å². The van der Waals surface area contributed by atoms with Gasteiger partial charge in [0.1, 0.15) is 6.23 Å². The van der Waals surface area contributed by atoms with Crippen molar-refractivity contribution >= 4 is 11.8 Å². The highest BCUT2D eigenvalue weighted by atomic mass is 16.4. The molecule has 1 fully saturated rings. The fraction of sp³-hybridized carbons (Fsp3) is 0.429. The van der Waals surface area contributed by atoms with Crippen LogP contribution >= 0.6 is 0 Å². The number of nitrogens with zero attached hydrogens (tertiary/aromatic N) is 1. The smallest absolute Gasteiger partial charge is 0.278 e. The van der Waals surface area contributed by atoms with Crippen molar-refractivity contribution in [3.63, 3.8) is 0 Å². The van der Waals surface area contributed by atoms with E-state index < -0.39 is 23.8 Å². The molecule has 2 aliphatic rings. The topological polar surface area (TPSA) is 89.9 Å². The number of nitrogens with one attached hydrogen (secondary N) is 1. The normalized spacial score (nSPS) is 37.7. The van der Waals surface area contributed by atoms with Crippen LogP contribution in [0.5, 0.6) is 0 Å². The van der Waals surface area contributed by atoms with Crippen molar-refractivity contribution < 1.29 is 19.8 Å². The maximum atomic E-state index is 11.2. The van der Waals surface area contributed by atoms with E-state index in [-0.39, 0.29) is 6.54 Å². The molecule has 2 heterocycles. The Morgan fingerprint density at radius 1 is 1.62 bits per heavy atom. The average Bonchev–Trinajstić information content (AvgIpc) is 2.38. The highest BCUT2D eigenvalue weighted by molar-refractivity contribution is 6.01. The molecular formula is C7H8N2O4. The molecule has 2 aliphatic heterocycles. The Bertz CT molecular complexity index is 314. The Labute approximate surface area is 73.4 Å². The van der Waals surface area contributed by atoms with Crippen LogP contribution in [0.1, 0.15) is 0 Å². The number of carbonyl (C=O) groups excluding carboxylic acids is 2. The third-order valence-electron chi connectivity index (χ3n) is 2.14. The third-order valence-corrected chi connectivity index (χ3v) is 2.14. The lowest BCUT2D eigenvalue weighted by Gasteiger charge is -2.39. The Hall–Kier alpha value is -1.40. The van der Waals surface area contributed by atoms with E-state index >= 15 is 0 Å². The highest BCUT2D eigenvalue weighted by Gasteiger charge is 2.51. The standard InChI is InChI=1S/C7H8N2O4/c10-4-1-2-7(13)6(12)8-3-5(11)9(4)7/h1-2,5,11,13H,3H2,(H,8,12)/t5-,7-/m1/s1. The van der Waals surface area contributed by atoms with Crippen LogP contribution in [0.4, 0.5) is 0 Å². The summed E-state index contributed by atoms with van der Waals surface area (Å²) in [5.74, 6) is -1.26. The Balaban J connectivity index is 2.42. The number of β-amino-alcohol motifs (C(OH)–C–C–N with tert-alkyl or cyclic N) is 1. The van der Waals surface area contributed by atoms with Gasteiger partial charge in [0.2, 0.25) is 5.72 Å². The van der Waals surface area contributed by atoms with Gasteiger partial charge < -0.3 is 15.5 Å². The summed E-state index contributed by atoms with van der Waals surface area (Å²) in [6, 6.07) is 0. The molecule has 2 amide bonds. The van der Waals surface area contributed by atoms with Gasteiger partial charge in [0, 0.05) is 6.08 Å². The zero-order valence-electron chi connectivity index (χ0n) is 6.60. The van der Waals surface area contributed by atoms with Crippen LogP contribution in [0.25, 0.3) is 0 Å². The first-order valence-corrected chi connectivity index (χ1v) is 3.77. The van der Waals surface area contributed by atoms with Gasteiger partial charge in [-0.05, 0) is 6.08 Å².